The summed E-state index contributed by atoms with van der Waals surface area (Å²) in [6.45, 7) is 0.480. The zero-order valence-corrected chi connectivity index (χ0v) is 16.0. The monoisotopic (exact) mass is 426 g/mol. The summed E-state index contributed by atoms with van der Waals surface area (Å²) in [6.07, 6.45) is 0.562. The van der Waals surface area contributed by atoms with E-state index in [0.29, 0.717) is 30.9 Å². The fraction of sp³-hybridized carbons (Fsp3) is 0.238. The van der Waals surface area contributed by atoms with Gasteiger partial charge in [-0.15, -0.1) is 8.78 Å². The van der Waals surface area contributed by atoms with Gasteiger partial charge in [-0.05, 0) is 37.1 Å². The van der Waals surface area contributed by atoms with Crippen LogP contribution >= 0.6 is 0 Å². The van der Waals surface area contributed by atoms with Crippen LogP contribution in [0.3, 0.4) is 0 Å². The van der Waals surface area contributed by atoms with Gasteiger partial charge in [0.15, 0.2) is 11.5 Å². The first kappa shape index (κ1) is 19.2. The van der Waals surface area contributed by atoms with Crippen molar-refractivity contribution in [2.45, 2.75) is 31.7 Å². The molecule has 158 valence electrons. The summed E-state index contributed by atoms with van der Waals surface area (Å²) in [5.74, 6) is -0.748. The highest BCUT2D eigenvalue weighted by atomic mass is 19.3. The summed E-state index contributed by atoms with van der Waals surface area (Å²) in [5, 5.41) is 2.80. The highest BCUT2D eigenvalue weighted by molar-refractivity contribution is 5.98. The molecular formula is C21H16F2N4O4. The van der Waals surface area contributed by atoms with Gasteiger partial charge in [0.05, 0.1) is 17.3 Å². The number of nitrogens with zero attached hydrogens (tertiary/aromatic N) is 3. The lowest BCUT2D eigenvalue weighted by atomic mass is 10.0. The molecule has 0 saturated heterocycles. The van der Waals surface area contributed by atoms with Crippen LogP contribution in [0.5, 0.6) is 11.5 Å². The summed E-state index contributed by atoms with van der Waals surface area (Å²) in [6, 6.07) is 8.44. The first-order valence-corrected chi connectivity index (χ1v) is 9.63. The molecule has 2 aromatic heterocycles. The maximum Gasteiger partial charge on any atom is 0.586 e. The van der Waals surface area contributed by atoms with Crippen molar-refractivity contribution < 1.29 is 23.0 Å². The number of amides is 1. The summed E-state index contributed by atoms with van der Waals surface area (Å²) in [4.78, 5) is 34.2. The van der Waals surface area contributed by atoms with E-state index < -0.39 is 18.2 Å². The number of para-hydroxylation sites is 1. The first-order chi connectivity index (χ1) is 14.9. The van der Waals surface area contributed by atoms with Crippen molar-refractivity contribution in [2.24, 2.45) is 0 Å². The number of carbonyl (C=O) groups excluding carboxylic acids is 1. The third-order valence-electron chi connectivity index (χ3n) is 5.18. The molecule has 4 heterocycles. The number of pyridine rings is 1. The Morgan fingerprint density at radius 3 is 2.81 bits per heavy atom. The summed E-state index contributed by atoms with van der Waals surface area (Å²) < 4.78 is 37.4. The molecule has 8 nitrogen and oxygen atoms in total. The van der Waals surface area contributed by atoms with Crippen molar-refractivity contribution in [3.8, 4) is 22.8 Å². The molecule has 0 saturated carbocycles. The summed E-state index contributed by atoms with van der Waals surface area (Å²) in [5.41, 5.74) is 0.878. The third-order valence-corrected chi connectivity index (χ3v) is 5.18. The van der Waals surface area contributed by atoms with E-state index in [-0.39, 0.29) is 22.6 Å². The standard InChI is InChI=1S/C21H16F2N4O4/c22-21(23)30-16-5-1-3-13(18(16)31-21)20(29)26-14-4-2-10-27-17(28)11-15(25-19(14)27)12-6-8-24-9-7-12/h1,3,5-9,11,14H,2,4,10H2,(H,26,29). The Kier molecular flexibility index (Phi) is 4.42. The van der Waals surface area contributed by atoms with Gasteiger partial charge in [-0.2, -0.15) is 0 Å². The molecule has 0 aliphatic carbocycles. The van der Waals surface area contributed by atoms with Gasteiger partial charge in [-0.1, -0.05) is 6.07 Å². The van der Waals surface area contributed by atoms with Crippen molar-refractivity contribution in [3.05, 3.63) is 70.5 Å². The number of alkyl halides is 2. The van der Waals surface area contributed by atoms with E-state index in [4.69, 9.17) is 0 Å². The van der Waals surface area contributed by atoms with Crippen LogP contribution < -0.4 is 20.3 Å². The second kappa shape index (κ2) is 7.15. The third kappa shape index (κ3) is 3.49. The number of benzene rings is 1. The van der Waals surface area contributed by atoms with E-state index in [1.807, 2.05) is 0 Å². The van der Waals surface area contributed by atoms with Crippen LogP contribution in [0, 0.1) is 0 Å². The lowest BCUT2D eigenvalue weighted by molar-refractivity contribution is -0.286. The molecule has 1 atom stereocenters. The van der Waals surface area contributed by atoms with E-state index in [9.17, 15) is 18.4 Å². The molecule has 31 heavy (non-hydrogen) atoms. The van der Waals surface area contributed by atoms with Crippen molar-refractivity contribution >= 4 is 5.91 Å². The molecule has 10 heteroatoms. The minimum absolute atomic E-state index is 0.0839. The van der Waals surface area contributed by atoms with Gasteiger partial charge in [-0.25, -0.2) is 4.98 Å². The fourth-order valence-corrected chi connectivity index (χ4v) is 3.79. The summed E-state index contributed by atoms with van der Waals surface area (Å²) in [7, 11) is 0. The second-order valence-electron chi connectivity index (χ2n) is 7.19. The zero-order valence-electron chi connectivity index (χ0n) is 16.0. The SMILES string of the molecule is O=C(NC1CCCn2c1nc(-c1ccncc1)cc2=O)c1cccc2c1OC(F)(F)O2. The van der Waals surface area contributed by atoms with Crippen LogP contribution in [0.15, 0.2) is 53.6 Å². The fourth-order valence-electron chi connectivity index (χ4n) is 3.79. The Hall–Kier alpha value is -3.82. The minimum atomic E-state index is -3.83. The first-order valence-electron chi connectivity index (χ1n) is 9.63. The second-order valence-corrected chi connectivity index (χ2v) is 7.19. The van der Waals surface area contributed by atoms with Gasteiger partial charge < -0.3 is 14.8 Å². The van der Waals surface area contributed by atoms with Gasteiger partial charge in [0.25, 0.3) is 11.5 Å². The number of hydrogen-bond donors (Lipinski definition) is 1. The average Bonchev–Trinajstić information content (AvgIpc) is 3.08. The van der Waals surface area contributed by atoms with E-state index in [2.05, 4.69) is 24.8 Å². The number of fused-ring (bicyclic) bond motifs is 2. The number of aromatic nitrogens is 3. The van der Waals surface area contributed by atoms with Gasteiger partial charge in [0.1, 0.15) is 5.82 Å². The Labute approximate surface area is 174 Å². The van der Waals surface area contributed by atoms with E-state index in [0.717, 1.165) is 5.56 Å². The molecule has 0 spiro atoms. The largest absolute Gasteiger partial charge is 0.586 e. The number of rotatable bonds is 3. The topological polar surface area (TPSA) is 95.3 Å². The van der Waals surface area contributed by atoms with Crippen LogP contribution in [0.4, 0.5) is 8.78 Å². The molecule has 1 N–H and O–H groups in total. The van der Waals surface area contributed by atoms with Gasteiger partial charge >= 0.3 is 6.29 Å². The molecule has 1 unspecified atom stereocenters. The van der Waals surface area contributed by atoms with Gasteiger partial charge in [-0.3, -0.25) is 19.1 Å². The molecule has 0 bridgehead atoms. The minimum Gasteiger partial charge on any atom is -0.395 e. The van der Waals surface area contributed by atoms with Gasteiger partial charge in [0.2, 0.25) is 0 Å². The number of carbonyl (C=O) groups is 1. The van der Waals surface area contributed by atoms with Crippen molar-refractivity contribution in [1.29, 1.82) is 0 Å². The zero-order chi connectivity index (χ0) is 21.6. The van der Waals surface area contributed by atoms with E-state index in [1.165, 1.54) is 28.8 Å². The Bertz CT molecular complexity index is 1230. The van der Waals surface area contributed by atoms with E-state index >= 15 is 0 Å². The van der Waals surface area contributed by atoms with Crippen LogP contribution in [0.2, 0.25) is 0 Å². The van der Waals surface area contributed by atoms with Gasteiger partial charge in [0, 0.05) is 30.6 Å². The highest BCUT2D eigenvalue weighted by Crippen LogP contribution is 2.43. The predicted octanol–water partition coefficient (Wildman–Crippen LogP) is 2.89. The smallest absolute Gasteiger partial charge is 0.395 e. The van der Waals surface area contributed by atoms with Crippen LogP contribution in [0.1, 0.15) is 35.1 Å². The number of hydrogen-bond acceptors (Lipinski definition) is 6. The maximum atomic E-state index is 13.5. The molecular weight excluding hydrogens is 410 g/mol. The summed E-state index contributed by atoms with van der Waals surface area (Å²) >= 11 is 0. The maximum absolute atomic E-state index is 13.5. The van der Waals surface area contributed by atoms with Crippen molar-refractivity contribution in [3.63, 3.8) is 0 Å². The Balaban J connectivity index is 1.48. The Morgan fingerprint density at radius 2 is 2.00 bits per heavy atom. The molecule has 0 radical (unpaired) electrons. The highest BCUT2D eigenvalue weighted by Gasteiger charge is 2.45. The lowest BCUT2D eigenvalue weighted by Gasteiger charge is -2.27. The Morgan fingerprint density at radius 1 is 1.19 bits per heavy atom. The van der Waals surface area contributed by atoms with Crippen LogP contribution in [0.25, 0.3) is 11.3 Å². The molecule has 1 aromatic carbocycles. The predicted molar refractivity (Wildman–Crippen MR) is 104 cm³/mol. The molecule has 2 aliphatic heterocycles. The van der Waals surface area contributed by atoms with Crippen molar-refractivity contribution in [1.82, 2.24) is 19.9 Å². The van der Waals surface area contributed by atoms with Crippen molar-refractivity contribution in [2.75, 3.05) is 0 Å². The van der Waals surface area contributed by atoms with E-state index in [1.54, 1.807) is 24.5 Å². The number of halogens is 2. The normalized spacial score (nSPS) is 18.3. The molecule has 0 fully saturated rings. The lowest BCUT2D eigenvalue weighted by Crippen LogP contribution is -2.38. The molecule has 2 aliphatic rings. The van der Waals surface area contributed by atoms with Crippen LogP contribution in [-0.2, 0) is 6.54 Å². The average molecular weight is 426 g/mol. The molecule has 1 amide bonds. The van der Waals surface area contributed by atoms with Crippen LogP contribution in [-0.4, -0.2) is 26.7 Å². The molecule has 5 rings (SSSR count). The number of nitrogens with one attached hydrogen (secondary N) is 1. The quantitative estimate of drug-likeness (QED) is 0.692. The molecule has 3 aromatic rings. The number of ether oxygens (including phenoxy) is 2.